The van der Waals surface area contributed by atoms with E-state index in [1.165, 1.54) is 29.5 Å². The van der Waals surface area contributed by atoms with Gasteiger partial charge < -0.3 is 20.5 Å². The van der Waals surface area contributed by atoms with Gasteiger partial charge in [0.15, 0.2) is 0 Å². The molecule has 3 N–H and O–H groups in total. The number of carbonyl (C=O) groups is 1. The molecule has 5 heteroatoms. The maximum absolute atomic E-state index is 11.8. The molecule has 3 rings (SSSR count). The number of rotatable bonds is 10. The van der Waals surface area contributed by atoms with Crippen molar-refractivity contribution in [3.05, 3.63) is 64.7 Å². The van der Waals surface area contributed by atoms with E-state index >= 15 is 0 Å². The van der Waals surface area contributed by atoms with Gasteiger partial charge in [0.25, 0.3) is 0 Å². The summed E-state index contributed by atoms with van der Waals surface area (Å²) in [7, 11) is 0. The summed E-state index contributed by atoms with van der Waals surface area (Å²) in [5.74, 6) is 1.01. The number of unbranched alkanes of at least 4 members (excludes halogenated alkanes) is 1. The van der Waals surface area contributed by atoms with Gasteiger partial charge in [-0.2, -0.15) is 0 Å². The van der Waals surface area contributed by atoms with E-state index in [1.807, 2.05) is 30.3 Å². The molecule has 2 aromatic carbocycles. The molecule has 0 fully saturated rings. The molecular weight excluding hydrogens is 364 g/mol. The van der Waals surface area contributed by atoms with Gasteiger partial charge >= 0.3 is 6.09 Å². The number of hydrogen-bond donors (Lipinski definition) is 2. The molecule has 0 aliphatic heterocycles. The van der Waals surface area contributed by atoms with Crippen LogP contribution in [0.15, 0.2) is 42.5 Å². The molecule has 1 amide bonds. The predicted octanol–water partition coefficient (Wildman–Crippen LogP) is 4.15. The average Bonchev–Trinajstić information content (AvgIpc) is 2.77. The molecule has 2 aromatic rings. The first-order chi connectivity index (χ1) is 14.3. The van der Waals surface area contributed by atoms with Crippen LogP contribution in [0.4, 0.5) is 4.79 Å². The summed E-state index contributed by atoms with van der Waals surface area (Å²) in [4.78, 5) is 11.8. The molecule has 0 unspecified atom stereocenters. The summed E-state index contributed by atoms with van der Waals surface area (Å²) in [6, 6.07) is 14.0. The second kappa shape index (κ2) is 11.5. The number of ether oxygens (including phenoxy) is 2. The fourth-order valence-electron chi connectivity index (χ4n) is 3.85. The molecule has 1 aliphatic rings. The number of aryl methyl sites for hydroxylation is 1. The number of carbonyl (C=O) groups excluding carboxylic acids is 1. The van der Waals surface area contributed by atoms with Crippen LogP contribution in [-0.2, 0) is 30.6 Å². The zero-order valence-corrected chi connectivity index (χ0v) is 17.1. The third-order valence-electron chi connectivity index (χ3n) is 5.32. The summed E-state index contributed by atoms with van der Waals surface area (Å²) < 4.78 is 11.1. The Labute approximate surface area is 173 Å². The van der Waals surface area contributed by atoms with Gasteiger partial charge in [0.1, 0.15) is 19.0 Å². The molecule has 0 radical (unpaired) electrons. The number of nitrogens with one attached hydrogen (secondary N) is 1. The molecule has 0 spiro atoms. The largest absolute Gasteiger partial charge is 0.492 e. The zero-order chi connectivity index (χ0) is 20.3. The van der Waals surface area contributed by atoms with Gasteiger partial charge in [0, 0.05) is 13.1 Å². The van der Waals surface area contributed by atoms with Crippen molar-refractivity contribution in [2.24, 2.45) is 5.73 Å². The highest BCUT2D eigenvalue weighted by Crippen LogP contribution is 2.33. The minimum atomic E-state index is -0.354. The second-order valence-corrected chi connectivity index (χ2v) is 7.47. The summed E-state index contributed by atoms with van der Waals surface area (Å²) in [5, 5.41) is 2.84. The Morgan fingerprint density at radius 3 is 2.59 bits per heavy atom. The summed E-state index contributed by atoms with van der Waals surface area (Å²) in [5.41, 5.74) is 10.8. The lowest BCUT2D eigenvalue weighted by Gasteiger charge is -2.23. The van der Waals surface area contributed by atoms with Gasteiger partial charge in [-0.25, -0.2) is 4.79 Å². The number of hydrogen-bond acceptors (Lipinski definition) is 4. The minimum Gasteiger partial charge on any atom is -0.492 e. The molecule has 0 saturated heterocycles. The maximum Gasteiger partial charge on any atom is 0.407 e. The van der Waals surface area contributed by atoms with Crippen molar-refractivity contribution >= 4 is 6.09 Å². The zero-order valence-electron chi connectivity index (χ0n) is 17.1. The molecule has 1 aliphatic carbocycles. The lowest BCUT2D eigenvalue weighted by molar-refractivity contribution is 0.139. The van der Waals surface area contributed by atoms with Crippen LogP contribution in [0, 0.1) is 0 Å². The Hall–Kier alpha value is -2.53. The Kier molecular flexibility index (Phi) is 8.38. The third kappa shape index (κ3) is 6.50. The summed E-state index contributed by atoms with van der Waals surface area (Å²) >= 11 is 0. The van der Waals surface area contributed by atoms with Crippen molar-refractivity contribution in [3.63, 3.8) is 0 Å². The molecule has 29 heavy (non-hydrogen) atoms. The van der Waals surface area contributed by atoms with E-state index in [4.69, 9.17) is 15.2 Å². The summed E-state index contributed by atoms with van der Waals surface area (Å²) in [6.45, 7) is 2.04. The predicted molar refractivity (Wildman–Crippen MR) is 115 cm³/mol. The van der Waals surface area contributed by atoms with Crippen LogP contribution in [0.2, 0.25) is 0 Å². The van der Waals surface area contributed by atoms with E-state index in [1.54, 1.807) is 0 Å². The first-order valence-corrected chi connectivity index (χ1v) is 10.7. The lowest BCUT2D eigenvalue weighted by Crippen LogP contribution is -2.25. The van der Waals surface area contributed by atoms with Gasteiger partial charge in [0.2, 0.25) is 0 Å². The first kappa shape index (κ1) is 21.2. The molecule has 0 heterocycles. The van der Waals surface area contributed by atoms with Crippen LogP contribution in [-0.4, -0.2) is 25.8 Å². The lowest BCUT2D eigenvalue weighted by atomic mass is 9.86. The van der Waals surface area contributed by atoms with Crippen LogP contribution in [0.1, 0.15) is 47.9 Å². The normalized spacial score (nSPS) is 12.9. The minimum absolute atomic E-state index is 0.303. The van der Waals surface area contributed by atoms with E-state index in [-0.39, 0.29) is 6.09 Å². The maximum atomic E-state index is 11.8. The Balaban J connectivity index is 1.40. The first-order valence-electron chi connectivity index (χ1n) is 10.7. The van der Waals surface area contributed by atoms with Crippen molar-refractivity contribution in [3.8, 4) is 5.75 Å². The van der Waals surface area contributed by atoms with E-state index in [2.05, 4.69) is 17.4 Å². The highest BCUT2D eigenvalue weighted by molar-refractivity contribution is 5.67. The molecule has 0 bridgehead atoms. The number of nitrogens with two attached hydrogens (primary N) is 1. The van der Waals surface area contributed by atoms with E-state index < -0.39 is 0 Å². The topological polar surface area (TPSA) is 73.6 Å². The van der Waals surface area contributed by atoms with Crippen molar-refractivity contribution < 1.29 is 14.3 Å². The van der Waals surface area contributed by atoms with Gasteiger partial charge in [-0.15, -0.1) is 0 Å². The third-order valence-corrected chi connectivity index (χ3v) is 5.32. The number of fused-ring (bicyclic) bond motifs is 1. The number of amides is 1. The van der Waals surface area contributed by atoms with Gasteiger partial charge in [-0.3, -0.25) is 0 Å². The van der Waals surface area contributed by atoms with Crippen LogP contribution >= 0.6 is 0 Å². The van der Waals surface area contributed by atoms with Crippen LogP contribution < -0.4 is 15.8 Å². The fourth-order valence-corrected chi connectivity index (χ4v) is 3.85. The number of benzene rings is 2. The fraction of sp³-hybridized carbons (Fsp3) is 0.458. The quantitative estimate of drug-likeness (QED) is 0.592. The van der Waals surface area contributed by atoms with E-state index in [9.17, 15) is 4.79 Å². The van der Waals surface area contributed by atoms with Gasteiger partial charge in [0.05, 0.1) is 0 Å². The smallest absolute Gasteiger partial charge is 0.407 e. The SMILES string of the molecule is NCCOc1ccc(CCCCNC(=O)OCc2ccccc2)c2c1CCCC2. The second-order valence-electron chi connectivity index (χ2n) is 7.47. The Bertz CT molecular complexity index is 777. The van der Waals surface area contributed by atoms with Crippen molar-refractivity contribution in [2.75, 3.05) is 19.7 Å². The monoisotopic (exact) mass is 396 g/mol. The highest BCUT2D eigenvalue weighted by Gasteiger charge is 2.17. The molecular formula is C24H32N2O3. The van der Waals surface area contributed by atoms with Crippen LogP contribution in [0.5, 0.6) is 5.75 Å². The molecule has 156 valence electrons. The molecule has 0 atom stereocenters. The van der Waals surface area contributed by atoms with Crippen molar-refractivity contribution in [2.45, 2.75) is 51.6 Å². The van der Waals surface area contributed by atoms with E-state index in [0.29, 0.717) is 26.3 Å². The van der Waals surface area contributed by atoms with Crippen molar-refractivity contribution in [1.82, 2.24) is 5.32 Å². The Morgan fingerprint density at radius 1 is 1.00 bits per heavy atom. The average molecular weight is 397 g/mol. The van der Waals surface area contributed by atoms with E-state index in [0.717, 1.165) is 43.4 Å². The van der Waals surface area contributed by atoms with Gasteiger partial charge in [-0.05, 0) is 73.3 Å². The summed E-state index contributed by atoms with van der Waals surface area (Å²) in [6.07, 6.45) is 7.34. The molecule has 5 nitrogen and oxygen atoms in total. The van der Waals surface area contributed by atoms with Gasteiger partial charge in [-0.1, -0.05) is 36.4 Å². The number of alkyl carbamates (subject to hydrolysis) is 1. The van der Waals surface area contributed by atoms with Crippen LogP contribution in [0.3, 0.4) is 0 Å². The van der Waals surface area contributed by atoms with Crippen molar-refractivity contribution in [1.29, 1.82) is 0 Å². The molecule has 0 aromatic heterocycles. The van der Waals surface area contributed by atoms with Crippen LogP contribution in [0.25, 0.3) is 0 Å². The Morgan fingerprint density at radius 2 is 1.79 bits per heavy atom. The molecule has 0 saturated carbocycles. The highest BCUT2D eigenvalue weighted by atomic mass is 16.5. The standard InChI is InChI=1S/C24H32N2O3/c25-15-17-28-23-14-13-20(21-11-4-5-12-22(21)23)10-6-7-16-26-24(27)29-18-19-8-2-1-3-9-19/h1-3,8-9,13-14H,4-7,10-12,15-18,25H2,(H,26,27).